The molecule has 0 aliphatic carbocycles. The van der Waals surface area contributed by atoms with Gasteiger partial charge in [0.2, 0.25) is 16.4 Å². The SMILES string of the molecule is NNc1ccccc1S(=O)(=O)NCCc1ncon1. The van der Waals surface area contributed by atoms with Gasteiger partial charge < -0.3 is 9.95 Å². The average Bonchev–Trinajstić information content (AvgIpc) is 2.91. The van der Waals surface area contributed by atoms with Gasteiger partial charge in [0.25, 0.3) is 0 Å². The summed E-state index contributed by atoms with van der Waals surface area (Å²) in [6, 6.07) is 6.35. The summed E-state index contributed by atoms with van der Waals surface area (Å²) >= 11 is 0. The quantitative estimate of drug-likeness (QED) is 0.498. The van der Waals surface area contributed by atoms with Gasteiger partial charge in [-0.3, -0.25) is 5.84 Å². The van der Waals surface area contributed by atoms with Crippen molar-refractivity contribution < 1.29 is 12.9 Å². The predicted octanol–water partition coefficient (Wildman–Crippen LogP) is -0.124. The maximum Gasteiger partial charge on any atom is 0.242 e. The number of anilines is 1. The van der Waals surface area contributed by atoms with Crippen LogP contribution in [0, 0.1) is 0 Å². The van der Waals surface area contributed by atoms with Crippen LogP contribution in [-0.2, 0) is 16.4 Å². The fourth-order valence-electron chi connectivity index (χ4n) is 1.50. The van der Waals surface area contributed by atoms with Crippen molar-refractivity contribution in [3.8, 4) is 0 Å². The highest BCUT2D eigenvalue weighted by Crippen LogP contribution is 2.19. The van der Waals surface area contributed by atoms with E-state index in [2.05, 4.69) is 24.8 Å². The molecule has 0 spiro atoms. The molecule has 2 aromatic rings. The van der Waals surface area contributed by atoms with Gasteiger partial charge in [-0.25, -0.2) is 13.1 Å². The van der Waals surface area contributed by atoms with Gasteiger partial charge in [0.05, 0.1) is 5.69 Å². The zero-order valence-electron chi connectivity index (χ0n) is 9.91. The monoisotopic (exact) mass is 283 g/mol. The van der Waals surface area contributed by atoms with E-state index in [9.17, 15) is 8.42 Å². The molecule has 1 aromatic heterocycles. The van der Waals surface area contributed by atoms with Crippen LogP contribution in [-0.4, -0.2) is 25.1 Å². The van der Waals surface area contributed by atoms with Crippen LogP contribution in [0.15, 0.2) is 40.1 Å². The van der Waals surface area contributed by atoms with Gasteiger partial charge in [0.15, 0.2) is 5.82 Å². The topological polar surface area (TPSA) is 123 Å². The highest BCUT2D eigenvalue weighted by molar-refractivity contribution is 7.89. The first kappa shape index (κ1) is 13.5. The summed E-state index contributed by atoms with van der Waals surface area (Å²) in [5.41, 5.74) is 2.68. The Hall–Kier alpha value is -1.97. The van der Waals surface area contributed by atoms with Crippen LogP contribution in [0.5, 0.6) is 0 Å². The zero-order chi connectivity index (χ0) is 13.7. The van der Waals surface area contributed by atoms with Gasteiger partial charge in [-0.2, -0.15) is 4.98 Å². The molecule has 0 saturated heterocycles. The molecule has 0 aliphatic heterocycles. The normalized spacial score (nSPS) is 11.4. The molecule has 0 aliphatic rings. The Morgan fingerprint density at radius 3 is 2.79 bits per heavy atom. The van der Waals surface area contributed by atoms with E-state index in [1.54, 1.807) is 18.2 Å². The summed E-state index contributed by atoms with van der Waals surface area (Å²) in [6.45, 7) is 0.167. The molecule has 4 N–H and O–H groups in total. The minimum atomic E-state index is -3.63. The second-order valence-electron chi connectivity index (χ2n) is 3.64. The number of hydrogen-bond acceptors (Lipinski definition) is 7. The van der Waals surface area contributed by atoms with Gasteiger partial charge in [0.1, 0.15) is 4.90 Å². The molecule has 0 amide bonds. The zero-order valence-corrected chi connectivity index (χ0v) is 10.7. The smallest absolute Gasteiger partial charge is 0.242 e. The summed E-state index contributed by atoms with van der Waals surface area (Å²) in [5, 5.41) is 3.59. The first-order chi connectivity index (χ1) is 9.13. The van der Waals surface area contributed by atoms with E-state index in [1.807, 2.05) is 0 Å². The van der Waals surface area contributed by atoms with Crippen molar-refractivity contribution >= 4 is 15.7 Å². The lowest BCUT2D eigenvalue weighted by atomic mass is 10.3. The van der Waals surface area contributed by atoms with Crippen LogP contribution in [0.4, 0.5) is 5.69 Å². The van der Waals surface area contributed by atoms with Crippen LogP contribution < -0.4 is 16.0 Å². The number of hydrogen-bond donors (Lipinski definition) is 3. The molecule has 0 radical (unpaired) electrons. The van der Waals surface area contributed by atoms with Gasteiger partial charge >= 0.3 is 0 Å². The number of hydrazine groups is 1. The Kier molecular flexibility index (Phi) is 4.10. The molecule has 0 atom stereocenters. The lowest BCUT2D eigenvalue weighted by Crippen LogP contribution is -2.27. The minimum absolute atomic E-state index is 0.0885. The van der Waals surface area contributed by atoms with Crippen LogP contribution in [0.2, 0.25) is 0 Å². The highest BCUT2D eigenvalue weighted by Gasteiger charge is 2.17. The Morgan fingerprint density at radius 1 is 1.32 bits per heavy atom. The molecular weight excluding hydrogens is 270 g/mol. The number of nitrogen functional groups attached to an aromatic ring is 1. The predicted molar refractivity (Wildman–Crippen MR) is 67.4 cm³/mol. The molecule has 8 nitrogen and oxygen atoms in total. The first-order valence-electron chi connectivity index (χ1n) is 5.44. The van der Waals surface area contributed by atoms with Crippen molar-refractivity contribution in [3.63, 3.8) is 0 Å². The molecule has 0 fully saturated rings. The maximum atomic E-state index is 12.1. The lowest BCUT2D eigenvalue weighted by molar-refractivity contribution is 0.410. The Morgan fingerprint density at radius 2 is 2.11 bits per heavy atom. The van der Waals surface area contributed by atoms with Crippen LogP contribution >= 0.6 is 0 Å². The second kappa shape index (κ2) is 5.78. The minimum Gasteiger partial charge on any atom is -0.343 e. The van der Waals surface area contributed by atoms with Crippen molar-refractivity contribution in [2.45, 2.75) is 11.3 Å². The number of benzene rings is 1. The molecule has 9 heteroatoms. The summed E-state index contributed by atoms with van der Waals surface area (Å²) < 4.78 is 31.1. The number of aromatic nitrogens is 2. The molecule has 1 heterocycles. The van der Waals surface area contributed by atoms with E-state index >= 15 is 0 Å². The van der Waals surface area contributed by atoms with E-state index in [4.69, 9.17) is 5.84 Å². The Bertz CT molecular complexity index is 626. The van der Waals surface area contributed by atoms with Crippen molar-refractivity contribution in [1.82, 2.24) is 14.9 Å². The third-order valence-corrected chi connectivity index (χ3v) is 3.90. The molecule has 0 unspecified atom stereocenters. The number of nitrogens with zero attached hydrogens (tertiary/aromatic N) is 2. The van der Waals surface area contributed by atoms with Crippen molar-refractivity contribution in [3.05, 3.63) is 36.5 Å². The van der Waals surface area contributed by atoms with Gasteiger partial charge in [-0.15, -0.1) is 0 Å². The molecule has 1 aromatic carbocycles. The van der Waals surface area contributed by atoms with Crippen LogP contribution in [0.1, 0.15) is 5.82 Å². The van der Waals surface area contributed by atoms with E-state index in [1.165, 1.54) is 12.5 Å². The number of nitrogens with one attached hydrogen (secondary N) is 2. The summed E-state index contributed by atoms with van der Waals surface area (Å²) in [4.78, 5) is 3.89. The molecule has 0 saturated carbocycles. The van der Waals surface area contributed by atoms with Gasteiger partial charge in [0, 0.05) is 13.0 Å². The number of sulfonamides is 1. The summed E-state index contributed by atoms with van der Waals surface area (Å²) in [5.74, 6) is 5.72. The lowest BCUT2D eigenvalue weighted by Gasteiger charge is -2.10. The van der Waals surface area contributed by atoms with E-state index in [-0.39, 0.29) is 11.4 Å². The average molecular weight is 283 g/mol. The van der Waals surface area contributed by atoms with Crippen molar-refractivity contribution in [1.29, 1.82) is 0 Å². The molecular formula is C10H13N5O3S. The van der Waals surface area contributed by atoms with Crippen LogP contribution in [0.3, 0.4) is 0 Å². The van der Waals surface area contributed by atoms with Gasteiger partial charge in [-0.1, -0.05) is 17.3 Å². The van der Waals surface area contributed by atoms with E-state index < -0.39 is 10.0 Å². The third-order valence-electron chi connectivity index (χ3n) is 2.38. The first-order valence-corrected chi connectivity index (χ1v) is 6.92. The Balaban J connectivity index is 2.05. The van der Waals surface area contributed by atoms with Crippen molar-refractivity contribution in [2.75, 3.05) is 12.0 Å². The molecule has 102 valence electrons. The highest BCUT2D eigenvalue weighted by atomic mass is 32.2. The fraction of sp³-hybridized carbons (Fsp3) is 0.200. The fourth-order valence-corrected chi connectivity index (χ4v) is 2.70. The molecule has 2 rings (SSSR count). The number of nitrogens with two attached hydrogens (primary N) is 1. The standard InChI is InChI=1S/C10H13N5O3S/c11-14-8-3-1-2-4-9(8)19(16,17)13-6-5-10-12-7-18-15-10/h1-4,7,13-14H,5-6,11H2. The van der Waals surface area contributed by atoms with Gasteiger partial charge in [-0.05, 0) is 12.1 Å². The molecule has 0 bridgehead atoms. The second-order valence-corrected chi connectivity index (χ2v) is 5.37. The number of rotatable bonds is 6. The van der Waals surface area contributed by atoms with Crippen molar-refractivity contribution in [2.24, 2.45) is 5.84 Å². The van der Waals surface area contributed by atoms with E-state index in [0.717, 1.165) is 0 Å². The maximum absolute atomic E-state index is 12.1. The summed E-state index contributed by atoms with van der Waals surface area (Å²) in [7, 11) is -3.63. The molecule has 19 heavy (non-hydrogen) atoms. The largest absolute Gasteiger partial charge is 0.343 e. The third kappa shape index (κ3) is 3.28. The Labute approximate surface area is 110 Å². The van der Waals surface area contributed by atoms with E-state index in [0.29, 0.717) is 17.9 Å². The van der Waals surface area contributed by atoms with Crippen LogP contribution in [0.25, 0.3) is 0 Å². The summed E-state index contributed by atoms with van der Waals surface area (Å²) in [6.07, 6.45) is 1.53. The number of para-hydroxylation sites is 1.